The van der Waals surface area contributed by atoms with Gasteiger partial charge in [0.1, 0.15) is 6.04 Å². The predicted molar refractivity (Wildman–Crippen MR) is 40.8 cm³/mol. The number of alkyl halides is 7. The smallest absolute Gasteiger partial charge is 0.459 e. The van der Waals surface area contributed by atoms with Crippen molar-refractivity contribution in [2.24, 2.45) is 5.73 Å². The fourth-order valence-corrected chi connectivity index (χ4v) is 0.825. The van der Waals surface area contributed by atoms with Gasteiger partial charge in [0.2, 0.25) is 0 Å². The van der Waals surface area contributed by atoms with Gasteiger partial charge in [-0.1, -0.05) is 0 Å². The van der Waals surface area contributed by atoms with E-state index in [-0.39, 0.29) is 0 Å². The average molecular weight is 271 g/mol. The molecule has 0 rings (SSSR count). The van der Waals surface area contributed by atoms with E-state index in [0.717, 1.165) is 0 Å². The highest BCUT2D eigenvalue weighted by molar-refractivity contribution is 5.72. The third-order valence-electron chi connectivity index (χ3n) is 1.90. The van der Waals surface area contributed by atoms with Crippen molar-refractivity contribution in [3.8, 4) is 0 Å². The maximum atomic E-state index is 12.6. The molecule has 0 aromatic heterocycles. The number of carbonyl (C=O) groups is 1. The van der Waals surface area contributed by atoms with E-state index in [1.807, 2.05) is 0 Å². The lowest BCUT2D eigenvalue weighted by molar-refractivity contribution is -0.355. The van der Waals surface area contributed by atoms with Crippen LogP contribution in [-0.4, -0.2) is 35.1 Å². The quantitative estimate of drug-likeness (QED) is 0.752. The van der Waals surface area contributed by atoms with Crippen LogP contribution < -0.4 is 5.73 Å². The van der Waals surface area contributed by atoms with Crippen LogP contribution in [0.3, 0.4) is 0 Å². The maximum Gasteiger partial charge on any atom is 0.459 e. The van der Waals surface area contributed by atoms with Crippen molar-refractivity contribution in [2.75, 3.05) is 0 Å². The minimum Gasteiger partial charge on any atom is -0.480 e. The van der Waals surface area contributed by atoms with Crippen LogP contribution >= 0.6 is 0 Å². The Kier molecular flexibility index (Phi) is 4.38. The average Bonchev–Trinajstić information content (AvgIpc) is 2.11. The number of rotatable bonds is 5. The molecule has 3 N–H and O–H groups in total. The second-order valence-electron chi connectivity index (χ2n) is 3.26. The highest BCUT2D eigenvalue weighted by Crippen LogP contribution is 2.48. The maximum absolute atomic E-state index is 12.6. The Balaban J connectivity index is 4.74. The van der Waals surface area contributed by atoms with Crippen LogP contribution in [-0.2, 0) is 4.79 Å². The molecular weight excluding hydrogens is 263 g/mol. The lowest BCUT2D eigenvalue weighted by atomic mass is 10.0. The highest BCUT2D eigenvalue weighted by atomic mass is 19.4. The van der Waals surface area contributed by atoms with Crippen LogP contribution in [0.1, 0.15) is 12.8 Å². The van der Waals surface area contributed by atoms with Crippen molar-refractivity contribution in [1.82, 2.24) is 0 Å². The summed E-state index contributed by atoms with van der Waals surface area (Å²) < 4.78 is 84.7. The molecule has 0 aromatic carbocycles. The molecule has 0 aromatic rings. The molecule has 0 saturated heterocycles. The van der Waals surface area contributed by atoms with Crippen LogP contribution in [0.25, 0.3) is 0 Å². The lowest BCUT2D eigenvalue weighted by Gasteiger charge is -2.28. The highest BCUT2D eigenvalue weighted by Gasteiger charge is 2.72. The molecule has 0 bridgehead atoms. The molecule has 1 atom stereocenters. The fourth-order valence-electron chi connectivity index (χ4n) is 0.825. The Morgan fingerprint density at radius 2 is 1.53 bits per heavy atom. The molecule has 0 aliphatic rings. The van der Waals surface area contributed by atoms with Crippen molar-refractivity contribution in [3.63, 3.8) is 0 Å². The van der Waals surface area contributed by atoms with Gasteiger partial charge in [0, 0.05) is 6.42 Å². The summed E-state index contributed by atoms with van der Waals surface area (Å²) in [4.78, 5) is 10.1. The summed E-state index contributed by atoms with van der Waals surface area (Å²) in [6.07, 6.45) is -9.59. The van der Waals surface area contributed by atoms with Crippen molar-refractivity contribution in [1.29, 1.82) is 0 Å². The van der Waals surface area contributed by atoms with Gasteiger partial charge in [0.15, 0.2) is 0 Å². The van der Waals surface area contributed by atoms with E-state index in [0.29, 0.717) is 0 Å². The topological polar surface area (TPSA) is 63.3 Å². The number of aliphatic carboxylic acids is 1. The molecule has 17 heavy (non-hydrogen) atoms. The third-order valence-corrected chi connectivity index (χ3v) is 1.90. The van der Waals surface area contributed by atoms with Crippen molar-refractivity contribution < 1.29 is 40.6 Å². The summed E-state index contributed by atoms with van der Waals surface area (Å²) in [5, 5.41) is 8.16. The Morgan fingerprint density at radius 1 is 1.12 bits per heavy atom. The largest absolute Gasteiger partial charge is 0.480 e. The second kappa shape index (κ2) is 4.67. The van der Waals surface area contributed by atoms with Gasteiger partial charge in [-0.15, -0.1) is 0 Å². The molecule has 0 radical (unpaired) electrons. The summed E-state index contributed by atoms with van der Waals surface area (Å²) >= 11 is 0. The number of carboxylic acids is 1. The molecule has 10 heteroatoms. The minimum atomic E-state index is -6.41. The molecule has 0 aliphatic heterocycles. The molecular formula is C7H8F7NO2. The van der Waals surface area contributed by atoms with Gasteiger partial charge in [-0.3, -0.25) is 4.79 Å². The molecule has 3 nitrogen and oxygen atoms in total. The van der Waals surface area contributed by atoms with E-state index in [9.17, 15) is 35.5 Å². The third kappa shape index (κ3) is 3.45. The first-order chi connectivity index (χ1) is 7.33. The van der Waals surface area contributed by atoms with Crippen molar-refractivity contribution in [3.05, 3.63) is 0 Å². The lowest BCUT2D eigenvalue weighted by Crippen LogP contribution is -2.52. The summed E-state index contributed by atoms with van der Waals surface area (Å²) in [6, 6.07) is -1.93. The Bertz CT molecular complexity index is 288. The van der Waals surface area contributed by atoms with Crippen LogP contribution in [0, 0.1) is 0 Å². The van der Waals surface area contributed by atoms with Crippen molar-refractivity contribution >= 4 is 5.97 Å². The molecule has 0 spiro atoms. The van der Waals surface area contributed by atoms with E-state index in [2.05, 4.69) is 0 Å². The number of halogens is 7. The standard InChI is InChI=1S/C7H8F7NO2/c8-5(9,2-1-3(15)4(16)17)6(10,11)7(12,13)14/h3H,1-2,15H2,(H,16,17). The molecule has 0 fully saturated rings. The zero-order valence-electron chi connectivity index (χ0n) is 8.07. The van der Waals surface area contributed by atoms with Gasteiger partial charge in [0.25, 0.3) is 0 Å². The van der Waals surface area contributed by atoms with E-state index in [4.69, 9.17) is 10.8 Å². The van der Waals surface area contributed by atoms with Crippen LogP contribution in [0.4, 0.5) is 30.7 Å². The Morgan fingerprint density at radius 3 is 1.82 bits per heavy atom. The monoisotopic (exact) mass is 271 g/mol. The van der Waals surface area contributed by atoms with E-state index in [1.165, 1.54) is 0 Å². The molecule has 1 unspecified atom stereocenters. The number of hydrogen-bond donors (Lipinski definition) is 2. The molecule has 102 valence electrons. The first-order valence-electron chi connectivity index (χ1n) is 4.13. The summed E-state index contributed by atoms with van der Waals surface area (Å²) in [7, 11) is 0. The van der Waals surface area contributed by atoms with Gasteiger partial charge in [-0.25, -0.2) is 0 Å². The van der Waals surface area contributed by atoms with E-state index >= 15 is 0 Å². The van der Waals surface area contributed by atoms with Crippen molar-refractivity contribution in [2.45, 2.75) is 36.9 Å². The second-order valence-corrected chi connectivity index (χ2v) is 3.26. The van der Waals surface area contributed by atoms with E-state index < -0.39 is 42.9 Å². The number of hydrogen-bond acceptors (Lipinski definition) is 2. The Labute approximate surface area is 90.4 Å². The summed E-state index contributed by atoms with van der Waals surface area (Å²) in [5.41, 5.74) is 4.72. The van der Waals surface area contributed by atoms with E-state index in [1.54, 1.807) is 0 Å². The van der Waals surface area contributed by atoms with Crippen LogP contribution in [0.15, 0.2) is 0 Å². The number of carboxylic acid groups (broad SMARTS) is 1. The van der Waals surface area contributed by atoms with Gasteiger partial charge < -0.3 is 10.8 Å². The minimum absolute atomic E-state index is 1.20. The zero-order chi connectivity index (χ0) is 14.1. The fraction of sp³-hybridized carbons (Fsp3) is 0.857. The Hall–Kier alpha value is -1.06. The SMILES string of the molecule is NC(CCC(F)(F)C(F)(F)C(F)(F)F)C(=O)O. The first-order valence-corrected chi connectivity index (χ1v) is 4.13. The first kappa shape index (κ1) is 15.9. The predicted octanol–water partition coefficient (Wildman–Crippen LogP) is 2.01. The van der Waals surface area contributed by atoms with Crippen LogP contribution in [0.2, 0.25) is 0 Å². The van der Waals surface area contributed by atoms with Gasteiger partial charge in [-0.05, 0) is 6.42 Å². The molecule has 0 amide bonds. The summed E-state index contributed by atoms with van der Waals surface area (Å²) in [6.45, 7) is 0. The number of nitrogens with two attached hydrogens (primary N) is 1. The summed E-state index contributed by atoms with van der Waals surface area (Å²) in [5.74, 6) is -13.4. The molecule has 0 saturated carbocycles. The van der Waals surface area contributed by atoms with Gasteiger partial charge in [-0.2, -0.15) is 30.7 Å². The zero-order valence-corrected chi connectivity index (χ0v) is 8.07. The van der Waals surface area contributed by atoms with Gasteiger partial charge >= 0.3 is 24.0 Å². The normalized spacial score (nSPS) is 15.8. The van der Waals surface area contributed by atoms with Gasteiger partial charge in [0.05, 0.1) is 0 Å². The van der Waals surface area contributed by atoms with Crippen LogP contribution in [0.5, 0.6) is 0 Å². The molecule has 0 aliphatic carbocycles. The molecule has 0 heterocycles.